The van der Waals surface area contributed by atoms with Crippen LogP contribution in [0.1, 0.15) is 22.3 Å². The molecule has 4 heteroatoms. The normalized spacial score (nSPS) is 13.8. The molecule has 0 spiro atoms. The minimum Gasteiger partial charge on any atom is -0.456 e. The topological polar surface area (TPSA) is 43.9 Å². The average Bonchev–Trinajstić information content (AvgIpc) is 3.52. The lowest BCUT2D eigenvalue weighted by Gasteiger charge is -2.19. The molecule has 3 heterocycles. The van der Waals surface area contributed by atoms with Crippen molar-refractivity contribution in [1.82, 2.24) is 14.5 Å². The van der Waals surface area contributed by atoms with E-state index in [0.717, 1.165) is 75.8 Å². The largest absolute Gasteiger partial charge is 0.456 e. The third kappa shape index (κ3) is 3.12. The molecule has 10 rings (SSSR count). The van der Waals surface area contributed by atoms with E-state index in [1.807, 2.05) is 12.1 Å². The summed E-state index contributed by atoms with van der Waals surface area (Å²) in [5.41, 5.74) is 13.9. The smallest absolute Gasteiger partial charge is 0.235 e. The Morgan fingerprint density at radius 2 is 0.976 bits per heavy atom. The zero-order chi connectivity index (χ0) is 27.4. The van der Waals surface area contributed by atoms with Gasteiger partial charge in [-0.1, -0.05) is 60.7 Å². The first-order valence-electron chi connectivity index (χ1n) is 14.8. The predicted molar refractivity (Wildman–Crippen MR) is 169 cm³/mol. The van der Waals surface area contributed by atoms with Crippen LogP contribution in [0.15, 0.2) is 108 Å². The van der Waals surface area contributed by atoms with Crippen molar-refractivity contribution in [3.05, 3.63) is 125 Å². The molecule has 42 heavy (non-hydrogen) atoms. The molecule has 0 fully saturated rings. The van der Waals surface area contributed by atoms with Crippen molar-refractivity contribution in [1.29, 1.82) is 0 Å². The van der Waals surface area contributed by atoms with E-state index in [0.29, 0.717) is 5.95 Å². The SMILES string of the molecule is c1ccc(-c2cc(-c3ccccc3)nc(-n3c4cc5c(cc4c4cc6oc7cc8c(cc7c6cc43)CC8)CC5)n2)cc1. The lowest BCUT2D eigenvalue weighted by molar-refractivity contribution is 0.666. The van der Waals surface area contributed by atoms with Crippen LogP contribution in [0, 0.1) is 0 Å². The fraction of sp³-hybridized carbons (Fsp3) is 0.105. The Morgan fingerprint density at radius 3 is 1.62 bits per heavy atom. The zero-order valence-electron chi connectivity index (χ0n) is 22.9. The van der Waals surface area contributed by atoms with Gasteiger partial charge in [0.05, 0.1) is 22.4 Å². The van der Waals surface area contributed by atoms with Crippen molar-refractivity contribution in [2.75, 3.05) is 0 Å². The zero-order valence-corrected chi connectivity index (χ0v) is 22.9. The van der Waals surface area contributed by atoms with E-state index in [9.17, 15) is 0 Å². The Bertz CT molecular complexity index is 2340. The molecule has 8 aromatic rings. The molecule has 0 unspecified atom stereocenters. The summed E-state index contributed by atoms with van der Waals surface area (Å²) >= 11 is 0. The summed E-state index contributed by atoms with van der Waals surface area (Å²) in [5.74, 6) is 0.686. The van der Waals surface area contributed by atoms with Crippen molar-refractivity contribution >= 4 is 43.7 Å². The number of benzene rings is 5. The number of aromatic nitrogens is 3. The van der Waals surface area contributed by atoms with Gasteiger partial charge in [0.1, 0.15) is 11.2 Å². The van der Waals surface area contributed by atoms with Crippen LogP contribution in [0.4, 0.5) is 0 Å². The molecule has 0 saturated heterocycles. The average molecular weight is 540 g/mol. The van der Waals surface area contributed by atoms with Crippen LogP contribution in [0.5, 0.6) is 0 Å². The van der Waals surface area contributed by atoms with E-state index in [-0.39, 0.29) is 0 Å². The first-order valence-corrected chi connectivity index (χ1v) is 14.8. The highest BCUT2D eigenvalue weighted by atomic mass is 16.3. The second kappa shape index (κ2) is 8.17. The highest BCUT2D eigenvalue weighted by Crippen LogP contribution is 2.42. The van der Waals surface area contributed by atoms with Gasteiger partial charge in [-0.05, 0) is 90.4 Å². The van der Waals surface area contributed by atoms with Crippen LogP contribution in [0.3, 0.4) is 0 Å². The Balaban J connectivity index is 1.32. The van der Waals surface area contributed by atoms with Gasteiger partial charge in [0.15, 0.2) is 0 Å². The van der Waals surface area contributed by atoms with Gasteiger partial charge in [0, 0.05) is 32.7 Å². The number of nitrogens with zero attached hydrogens (tertiary/aromatic N) is 3. The van der Waals surface area contributed by atoms with E-state index in [1.165, 1.54) is 38.4 Å². The summed E-state index contributed by atoms with van der Waals surface area (Å²) in [6.07, 6.45) is 4.54. The molecule has 0 radical (unpaired) electrons. The van der Waals surface area contributed by atoms with E-state index in [1.54, 1.807) is 0 Å². The molecular weight excluding hydrogens is 514 g/mol. The van der Waals surface area contributed by atoms with Gasteiger partial charge >= 0.3 is 0 Å². The Hall–Kier alpha value is -5.22. The maximum Gasteiger partial charge on any atom is 0.235 e. The standard InChI is InChI=1S/C38H25N3O/c1-3-7-22(8-4-1)32-21-33(23-9-5-2-6-10-23)40-38(39-32)41-34-17-26-13-11-24(26)15-28(34)29-20-37-31(19-35(29)41)30-16-25-12-14-27(25)18-36(30)42-37/h1-10,15-21H,11-14H2. The third-order valence-corrected chi connectivity index (χ3v) is 9.38. The fourth-order valence-corrected chi connectivity index (χ4v) is 6.93. The quantitative estimate of drug-likeness (QED) is 0.225. The minimum absolute atomic E-state index is 0.686. The molecule has 4 nitrogen and oxygen atoms in total. The molecule has 0 aliphatic heterocycles. The van der Waals surface area contributed by atoms with E-state index < -0.39 is 0 Å². The van der Waals surface area contributed by atoms with Crippen molar-refractivity contribution in [3.63, 3.8) is 0 Å². The van der Waals surface area contributed by atoms with Crippen LogP contribution in [-0.4, -0.2) is 14.5 Å². The van der Waals surface area contributed by atoms with E-state index in [2.05, 4.69) is 95.6 Å². The molecule has 2 aliphatic rings. The summed E-state index contributed by atoms with van der Waals surface area (Å²) in [7, 11) is 0. The van der Waals surface area contributed by atoms with Crippen LogP contribution < -0.4 is 0 Å². The van der Waals surface area contributed by atoms with E-state index in [4.69, 9.17) is 14.4 Å². The van der Waals surface area contributed by atoms with Gasteiger partial charge in [-0.15, -0.1) is 0 Å². The Labute approximate surface area is 241 Å². The van der Waals surface area contributed by atoms with Crippen LogP contribution in [0.25, 0.3) is 72.2 Å². The maximum absolute atomic E-state index is 6.48. The van der Waals surface area contributed by atoms with Gasteiger partial charge in [-0.3, -0.25) is 4.57 Å². The van der Waals surface area contributed by atoms with Crippen molar-refractivity contribution < 1.29 is 4.42 Å². The predicted octanol–water partition coefficient (Wildman–Crippen LogP) is 9.00. The maximum atomic E-state index is 6.48. The van der Waals surface area contributed by atoms with Crippen molar-refractivity contribution in [2.45, 2.75) is 25.7 Å². The molecule has 3 aromatic heterocycles. The van der Waals surface area contributed by atoms with Gasteiger partial charge < -0.3 is 4.42 Å². The molecule has 0 amide bonds. The summed E-state index contributed by atoms with van der Waals surface area (Å²) in [4.78, 5) is 10.5. The molecule has 0 saturated carbocycles. The number of aryl methyl sites for hydroxylation is 4. The molecule has 0 N–H and O–H groups in total. The lowest BCUT2D eigenvalue weighted by atomic mass is 9.87. The van der Waals surface area contributed by atoms with Crippen LogP contribution >= 0.6 is 0 Å². The van der Waals surface area contributed by atoms with E-state index >= 15 is 0 Å². The Kier molecular flexibility index (Phi) is 4.37. The summed E-state index contributed by atoms with van der Waals surface area (Å²) in [5, 5.41) is 4.74. The summed E-state index contributed by atoms with van der Waals surface area (Å²) in [6, 6.07) is 36.8. The molecule has 5 aromatic carbocycles. The number of hydrogen-bond acceptors (Lipinski definition) is 3. The number of rotatable bonds is 3. The lowest BCUT2D eigenvalue weighted by Crippen LogP contribution is -2.09. The number of furan rings is 1. The first kappa shape index (κ1) is 22.5. The highest BCUT2D eigenvalue weighted by molar-refractivity contribution is 6.17. The fourth-order valence-electron chi connectivity index (χ4n) is 6.93. The number of fused-ring (bicyclic) bond motifs is 8. The van der Waals surface area contributed by atoms with Crippen LogP contribution in [0.2, 0.25) is 0 Å². The van der Waals surface area contributed by atoms with Gasteiger partial charge in [-0.25, -0.2) is 9.97 Å². The Morgan fingerprint density at radius 1 is 0.476 bits per heavy atom. The molecule has 2 aliphatic carbocycles. The van der Waals surface area contributed by atoms with Crippen molar-refractivity contribution in [3.8, 4) is 28.5 Å². The summed E-state index contributed by atoms with van der Waals surface area (Å²) in [6.45, 7) is 0. The third-order valence-electron chi connectivity index (χ3n) is 9.38. The minimum atomic E-state index is 0.686. The second-order valence-electron chi connectivity index (χ2n) is 11.7. The van der Waals surface area contributed by atoms with Crippen molar-refractivity contribution in [2.24, 2.45) is 0 Å². The molecule has 0 bridgehead atoms. The summed E-state index contributed by atoms with van der Waals surface area (Å²) < 4.78 is 8.75. The van der Waals surface area contributed by atoms with Gasteiger partial charge in [0.2, 0.25) is 5.95 Å². The van der Waals surface area contributed by atoms with Gasteiger partial charge in [0.25, 0.3) is 0 Å². The highest BCUT2D eigenvalue weighted by Gasteiger charge is 2.24. The molecular formula is C38H25N3O. The van der Waals surface area contributed by atoms with Gasteiger partial charge in [-0.2, -0.15) is 0 Å². The van der Waals surface area contributed by atoms with Crippen LogP contribution in [-0.2, 0) is 25.7 Å². The monoisotopic (exact) mass is 539 g/mol. The number of hydrogen-bond donors (Lipinski definition) is 0. The molecule has 0 atom stereocenters. The first-order chi connectivity index (χ1) is 20.8. The molecule has 198 valence electrons. The second-order valence-corrected chi connectivity index (χ2v) is 11.7.